The zero-order valence-electron chi connectivity index (χ0n) is 9.69. The monoisotopic (exact) mass is 214 g/mol. The summed E-state index contributed by atoms with van der Waals surface area (Å²) in [6, 6.07) is 0.642. The molecule has 0 spiro atoms. The minimum absolute atomic E-state index is 0.260. The summed E-state index contributed by atoms with van der Waals surface area (Å²) in [5, 5.41) is 0. The summed E-state index contributed by atoms with van der Waals surface area (Å²) in [7, 11) is 0. The molecular formula is C11H22N2O2. The Balaban J connectivity index is 1.95. The quantitative estimate of drug-likeness (QED) is 0.678. The molecule has 4 heteroatoms. The van der Waals surface area contributed by atoms with Crippen LogP contribution in [0.5, 0.6) is 0 Å². The maximum atomic E-state index is 6.14. The molecule has 0 aromatic rings. The lowest BCUT2D eigenvalue weighted by atomic mass is 10.0. The van der Waals surface area contributed by atoms with Crippen LogP contribution in [-0.4, -0.2) is 55.5 Å². The summed E-state index contributed by atoms with van der Waals surface area (Å²) >= 11 is 0. The highest BCUT2D eigenvalue weighted by molar-refractivity contribution is 4.88. The number of hydrogen-bond donors (Lipinski definition) is 1. The van der Waals surface area contributed by atoms with Gasteiger partial charge in [0, 0.05) is 31.8 Å². The van der Waals surface area contributed by atoms with Crippen LogP contribution in [0.1, 0.15) is 20.3 Å². The Morgan fingerprint density at radius 2 is 1.87 bits per heavy atom. The van der Waals surface area contributed by atoms with E-state index in [1.807, 2.05) is 0 Å². The van der Waals surface area contributed by atoms with Crippen molar-refractivity contribution in [3.8, 4) is 0 Å². The van der Waals surface area contributed by atoms with Gasteiger partial charge in [0.05, 0.1) is 18.8 Å². The van der Waals surface area contributed by atoms with Gasteiger partial charge in [0.25, 0.3) is 0 Å². The SMILES string of the molecule is CC1CN(C2COCCC2N)CC(C)O1. The fourth-order valence-corrected chi connectivity index (χ4v) is 2.60. The molecule has 4 nitrogen and oxygen atoms in total. The zero-order valence-corrected chi connectivity index (χ0v) is 9.69. The molecule has 4 unspecified atom stereocenters. The second kappa shape index (κ2) is 4.78. The molecule has 2 fully saturated rings. The third-order valence-electron chi connectivity index (χ3n) is 3.30. The lowest BCUT2D eigenvalue weighted by Gasteiger charge is -2.43. The van der Waals surface area contributed by atoms with Gasteiger partial charge in [-0.1, -0.05) is 0 Å². The largest absolute Gasteiger partial charge is 0.380 e. The van der Waals surface area contributed by atoms with Crippen molar-refractivity contribution in [3.05, 3.63) is 0 Å². The van der Waals surface area contributed by atoms with E-state index in [1.54, 1.807) is 0 Å². The second-order valence-corrected chi connectivity index (χ2v) is 4.81. The van der Waals surface area contributed by atoms with Crippen LogP contribution in [0.3, 0.4) is 0 Å². The fraction of sp³-hybridized carbons (Fsp3) is 1.00. The summed E-state index contributed by atoms with van der Waals surface area (Å²) in [6.45, 7) is 7.79. The number of hydrogen-bond acceptors (Lipinski definition) is 4. The van der Waals surface area contributed by atoms with E-state index in [1.165, 1.54) is 0 Å². The maximum absolute atomic E-state index is 6.14. The predicted octanol–water partition coefficient (Wildman–Crippen LogP) is 0.212. The van der Waals surface area contributed by atoms with Crippen LogP contribution >= 0.6 is 0 Å². The summed E-state index contributed by atoms with van der Waals surface area (Å²) in [4.78, 5) is 2.43. The van der Waals surface area contributed by atoms with Crippen molar-refractivity contribution in [2.24, 2.45) is 5.73 Å². The molecule has 2 aliphatic heterocycles. The van der Waals surface area contributed by atoms with E-state index < -0.39 is 0 Å². The first kappa shape index (κ1) is 11.3. The summed E-state index contributed by atoms with van der Waals surface area (Å²) < 4.78 is 11.2. The smallest absolute Gasteiger partial charge is 0.0678 e. The van der Waals surface area contributed by atoms with Crippen molar-refractivity contribution in [1.82, 2.24) is 4.90 Å². The number of rotatable bonds is 1. The normalized spacial score (nSPS) is 44.2. The molecule has 0 aliphatic carbocycles. The van der Waals surface area contributed by atoms with E-state index in [9.17, 15) is 0 Å². The Morgan fingerprint density at radius 3 is 2.47 bits per heavy atom. The van der Waals surface area contributed by atoms with E-state index in [2.05, 4.69) is 18.7 Å². The van der Waals surface area contributed by atoms with Crippen molar-refractivity contribution in [2.45, 2.75) is 44.6 Å². The van der Waals surface area contributed by atoms with Crippen molar-refractivity contribution in [3.63, 3.8) is 0 Å². The Morgan fingerprint density at radius 1 is 1.20 bits per heavy atom. The molecule has 2 heterocycles. The van der Waals surface area contributed by atoms with Crippen molar-refractivity contribution >= 4 is 0 Å². The lowest BCUT2D eigenvalue weighted by molar-refractivity contribution is -0.101. The first-order valence-electron chi connectivity index (χ1n) is 5.89. The van der Waals surface area contributed by atoms with Crippen LogP contribution in [0.25, 0.3) is 0 Å². The molecule has 15 heavy (non-hydrogen) atoms. The molecule has 0 aromatic heterocycles. The Bertz CT molecular complexity index is 203. The second-order valence-electron chi connectivity index (χ2n) is 4.81. The van der Waals surface area contributed by atoms with Gasteiger partial charge in [-0.05, 0) is 20.3 Å². The first-order chi connectivity index (χ1) is 7.16. The van der Waals surface area contributed by atoms with E-state index in [-0.39, 0.29) is 6.04 Å². The number of nitrogens with two attached hydrogens (primary N) is 1. The third kappa shape index (κ3) is 2.69. The molecule has 0 aromatic carbocycles. The highest BCUT2D eigenvalue weighted by atomic mass is 16.5. The Hall–Kier alpha value is -0.160. The van der Waals surface area contributed by atoms with Gasteiger partial charge in [-0.25, -0.2) is 0 Å². The van der Waals surface area contributed by atoms with E-state index in [0.29, 0.717) is 18.2 Å². The van der Waals surface area contributed by atoms with Crippen LogP contribution in [0.2, 0.25) is 0 Å². The van der Waals surface area contributed by atoms with Crippen LogP contribution in [0.15, 0.2) is 0 Å². The van der Waals surface area contributed by atoms with Gasteiger partial charge in [0.15, 0.2) is 0 Å². The fourth-order valence-electron chi connectivity index (χ4n) is 2.60. The average molecular weight is 214 g/mol. The molecular weight excluding hydrogens is 192 g/mol. The molecule has 0 amide bonds. The molecule has 2 aliphatic rings. The number of morpholine rings is 1. The zero-order chi connectivity index (χ0) is 10.8. The summed E-state index contributed by atoms with van der Waals surface area (Å²) in [6.07, 6.45) is 1.59. The number of nitrogens with zero attached hydrogens (tertiary/aromatic N) is 1. The van der Waals surface area contributed by atoms with Crippen LogP contribution in [-0.2, 0) is 9.47 Å². The molecule has 2 saturated heterocycles. The maximum Gasteiger partial charge on any atom is 0.0678 e. The molecule has 0 radical (unpaired) electrons. The third-order valence-corrected chi connectivity index (χ3v) is 3.30. The van der Waals surface area contributed by atoms with E-state index in [0.717, 1.165) is 32.7 Å². The van der Waals surface area contributed by atoms with Gasteiger partial charge in [0.2, 0.25) is 0 Å². The predicted molar refractivity (Wildman–Crippen MR) is 58.8 cm³/mol. The van der Waals surface area contributed by atoms with Crippen molar-refractivity contribution < 1.29 is 9.47 Å². The lowest BCUT2D eigenvalue weighted by Crippen LogP contribution is -2.59. The highest BCUT2D eigenvalue weighted by Crippen LogP contribution is 2.18. The molecule has 88 valence electrons. The number of ether oxygens (including phenoxy) is 2. The minimum Gasteiger partial charge on any atom is -0.380 e. The Kier molecular flexibility index (Phi) is 3.61. The highest BCUT2D eigenvalue weighted by Gasteiger charge is 2.33. The average Bonchev–Trinajstić information content (AvgIpc) is 2.16. The summed E-state index contributed by atoms with van der Waals surface area (Å²) in [5.41, 5.74) is 6.14. The molecule has 4 atom stereocenters. The molecule has 2 N–H and O–H groups in total. The van der Waals surface area contributed by atoms with Gasteiger partial charge < -0.3 is 15.2 Å². The Labute approximate surface area is 91.7 Å². The van der Waals surface area contributed by atoms with Gasteiger partial charge in [0.1, 0.15) is 0 Å². The van der Waals surface area contributed by atoms with Crippen LogP contribution in [0, 0.1) is 0 Å². The van der Waals surface area contributed by atoms with E-state index >= 15 is 0 Å². The van der Waals surface area contributed by atoms with E-state index in [4.69, 9.17) is 15.2 Å². The molecule has 0 bridgehead atoms. The summed E-state index contributed by atoms with van der Waals surface area (Å²) in [5.74, 6) is 0. The van der Waals surface area contributed by atoms with Gasteiger partial charge in [-0.2, -0.15) is 0 Å². The standard InChI is InChI=1S/C11H22N2O2/c1-8-5-13(6-9(2)15-8)11-7-14-4-3-10(11)12/h8-11H,3-7,12H2,1-2H3. The molecule has 0 saturated carbocycles. The van der Waals surface area contributed by atoms with Crippen molar-refractivity contribution in [1.29, 1.82) is 0 Å². The van der Waals surface area contributed by atoms with Crippen LogP contribution in [0.4, 0.5) is 0 Å². The first-order valence-corrected chi connectivity index (χ1v) is 5.89. The van der Waals surface area contributed by atoms with Gasteiger partial charge in [-0.15, -0.1) is 0 Å². The topological polar surface area (TPSA) is 47.7 Å². The van der Waals surface area contributed by atoms with Gasteiger partial charge >= 0.3 is 0 Å². The van der Waals surface area contributed by atoms with Gasteiger partial charge in [-0.3, -0.25) is 4.90 Å². The molecule has 2 rings (SSSR count). The van der Waals surface area contributed by atoms with Crippen LogP contribution < -0.4 is 5.73 Å². The minimum atomic E-state index is 0.260. The van der Waals surface area contributed by atoms with Crippen molar-refractivity contribution in [2.75, 3.05) is 26.3 Å².